The van der Waals surface area contributed by atoms with E-state index in [9.17, 15) is 9.59 Å². The highest BCUT2D eigenvalue weighted by Gasteiger charge is 2.14. The third-order valence-corrected chi connectivity index (χ3v) is 3.94. The van der Waals surface area contributed by atoms with Crippen LogP contribution in [0, 0.1) is 0 Å². The summed E-state index contributed by atoms with van der Waals surface area (Å²) in [5.41, 5.74) is 0.530. The maximum atomic E-state index is 12.3. The molecule has 0 aliphatic rings. The van der Waals surface area contributed by atoms with Gasteiger partial charge in [0.15, 0.2) is 0 Å². The largest absolute Gasteiger partial charge is 0.462 e. The Morgan fingerprint density at radius 1 is 0.960 bits per heavy atom. The lowest BCUT2D eigenvalue weighted by molar-refractivity contribution is 0.0498. The molecule has 0 bridgehead atoms. The summed E-state index contributed by atoms with van der Waals surface area (Å²) in [5, 5.41) is 0.671. The minimum absolute atomic E-state index is 0.198. The van der Waals surface area contributed by atoms with E-state index in [4.69, 9.17) is 32.7 Å². The molecular weight excluding hydrogens is 363 g/mol. The number of carbonyl (C=O) groups excluding carboxylic acids is 2. The van der Waals surface area contributed by atoms with Crippen LogP contribution < -0.4 is 4.74 Å². The third-order valence-electron chi connectivity index (χ3n) is 3.41. The number of unbranched alkanes of at least 4 members (excludes halogenated alkanes) is 2. The van der Waals surface area contributed by atoms with Gasteiger partial charge in [-0.3, -0.25) is 0 Å². The standard InChI is InChI=1S/C19H18Cl2O4/c1-2-3-4-10-24-18(22)13-6-5-7-14(11-13)19(23)25-17-9-8-15(20)12-16(17)21/h5-9,11-12H,2-4,10H2,1H3. The van der Waals surface area contributed by atoms with Crippen molar-refractivity contribution >= 4 is 35.1 Å². The summed E-state index contributed by atoms with van der Waals surface area (Å²) >= 11 is 11.8. The summed E-state index contributed by atoms with van der Waals surface area (Å²) in [6.07, 6.45) is 2.87. The molecule has 0 heterocycles. The van der Waals surface area contributed by atoms with Gasteiger partial charge in [-0.05, 0) is 42.8 Å². The van der Waals surface area contributed by atoms with Crippen LogP contribution in [-0.4, -0.2) is 18.5 Å². The topological polar surface area (TPSA) is 52.6 Å². The zero-order chi connectivity index (χ0) is 18.2. The van der Waals surface area contributed by atoms with Crippen molar-refractivity contribution in [3.8, 4) is 5.75 Å². The summed E-state index contributed by atoms with van der Waals surface area (Å²) in [5.74, 6) is -0.885. The predicted octanol–water partition coefficient (Wildman–Crippen LogP) is 5.56. The van der Waals surface area contributed by atoms with E-state index in [0.29, 0.717) is 17.2 Å². The molecule has 2 aromatic rings. The van der Waals surface area contributed by atoms with Gasteiger partial charge in [-0.2, -0.15) is 0 Å². The zero-order valence-electron chi connectivity index (χ0n) is 13.8. The van der Waals surface area contributed by atoms with Crippen molar-refractivity contribution in [1.82, 2.24) is 0 Å². The second kappa shape index (κ2) is 9.44. The van der Waals surface area contributed by atoms with Crippen LogP contribution in [0.3, 0.4) is 0 Å². The van der Waals surface area contributed by atoms with Gasteiger partial charge in [-0.15, -0.1) is 0 Å². The molecule has 0 fully saturated rings. The number of rotatable bonds is 7. The zero-order valence-corrected chi connectivity index (χ0v) is 15.3. The Morgan fingerprint density at radius 2 is 1.68 bits per heavy atom. The van der Waals surface area contributed by atoms with E-state index in [1.54, 1.807) is 24.3 Å². The smallest absolute Gasteiger partial charge is 0.343 e. The maximum Gasteiger partial charge on any atom is 0.343 e. The minimum atomic E-state index is -0.621. The Labute approximate surface area is 156 Å². The van der Waals surface area contributed by atoms with Crippen molar-refractivity contribution in [3.63, 3.8) is 0 Å². The fourth-order valence-corrected chi connectivity index (χ4v) is 2.54. The van der Waals surface area contributed by atoms with Gasteiger partial charge < -0.3 is 9.47 Å². The summed E-state index contributed by atoms with van der Waals surface area (Å²) < 4.78 is 10.4. The fraction of sp³-hybridized carbons (Fsp3) is 0.263. The Balaban J connectivity index is 2.04. The molecule has 2 aromatic carbocycles. The first kappa shape index (κ1) is 19.3. The second-order valence-electron chi connectivity index (χ2n) is 5.39. The Kier molecular flexibility index (Phi) is 7.29. The van der Waals surface area contributed by atoms with Crippen LogP contribution in [-0.2, 0) is 4.74 Å². The lowest BCUT2D eigenvalue weighted by Gasteiger charge is -2.08. The monoisotopic (exact) mass is 380 g/mol. The van der Waals surface area contributed by atoms with Crippen LogP contribution in [0.2, 0.25) is 10.0 Å². The molecule has 0 saturated carbocycles. The number of ether oxygens (including phenoxy) is 2. The molecule has 0 aliphatic heterocycles. The van der Waals surface area contributed by atoms with E-state index in [-0.39, 0.29) is 16.3 Å². The number of benzene rings is 2. The summed E-state index contributed by atoms with van der Waals surface area (Å²) in [6, 6.07) is 10.7. The molecule has 132 valence electrons. The quantitative estimate of drug-likeness (QED) is 0.358. The van der Waals surface area contributed by atoms with E-state index in [1.165, 1.54) is 18.2 Å². The van der Waals surface area contributed by atoms with Crippen LogP contribution in [0.25, 0.3) is 0 Å². The van der Waals surface area contributed by atoms with Gasteiger partial charge in [0.05, 0.1) is 22.8 Å². The van der Waals surface area contributed by atoms with E-state index in [2.05, 4.69) is 6.92 Å². The van der Waals surface area contributed by atoms with Gasteiger partial charge >= 0.3 is 11.9 Å². The first-order chi connectivity index (χ1) is 12.0. The molecule has 0 spiro atoms. The minimum Gasteiger partial charge on any atom is -0.462 e. The molecule has 0 aromatic heterocycles. The van der Waals surface area contributed by atoms with Crippen molar-refractivity contribution in [1.29, 1.82) is 0 Å². The van der Waals surface area contributed by atoms with Gasteiger partial charge in [0, 0.05) is 5.02 Å². The Bertz CT molecular complexity index is 759. The predicted molar refractivity (Wildman–Crippen MR) is 97.7 cm³/mol. The van der Waals surface area contributed by atoms with E-state index >= 15 is 0 Å². The van der Waals surface area contributed by atoms with Gasteiger partial charge in [0.1, 0.15) is 5.75 Å². The number of esters is 2. The molecule has 0 unspecified atom stereocenters. The van der Waals surface area contributed by atoms with E-state index < -0.39 is 11.9 Å². The summed E-state index contributed by atoms with van der Waals surface area (Å²) in [4.78, 5) is 24.3. The lowest BCUT2D eigenvalue weighted by atomic mass is 10.1. The molecule has 0 radical (unpaired) electrons. The fourth-order valence-electron chi connectivity index (χ4n) is 2.09. The third kappa shape index (κ3) is 5.76. The van der Waals surface area contributed by atoms with Crippen molar-refractivity contribution in [2.75, 3.05) is 6.61 Å². The highest BCUT2D eigenvalue weighted by molar-refractivity contribution is 6.35. The van der Waals surface area contributed by atoms with Crippen LogP contribution in [0.4, 0.5) is 0 Å². The Hall–Kier alpha value is -2.04. The van der Waals surface area contributed by atoms with Gasteiger partial charge in [-0.25, -0.2) is 9.59 Å². The molecule has 0 N–H and O–H groups in total. The van der Waals surface area contributed by atoms with Crippen molar-refractivity contribution in [3.05, 3.63) is 63.6 Å². The van der Waals surface area contributed by atoms with Crippen molar-refractivity contribution in [2.45, 2.75) is 26.2 Å². The van der Waals surface area contributed by atoms with E-state index in [0.717, 1.165) is 19.3 Å². The van der Waals surface area contributed by atoms with Crippen LogP contribution in [0.5, 0.6) is 5.75 Å². The van der Waals surface area contributed by atoms with Crippen LogP contribution in [0.1, 0.15) is 46.9 Å². The van der Waals surface area contributed by atoms with Gasteiger partial charge in [0.25, 0.3) is 0 Å². The van der Waals surface area contributed by atoms with E-state index in [1.807, 2.05) is 0 Å². The van der Waals surface area contributed by atoms with Crippen molar-refractivity contribution in [2.24, 2.45) is 0 Å². The molecular formula is C19H18Cl2O4. The molecule has 0 saturated heterocycles. The second-order valence-corrected chi connectivity index (χ2v) is 6.23. The molecule has 0 amide bonds. The van der Waals surface area contributed by atoms with Gasteiger partial charge in [0.2, 0.25) is 0 Å². The van der Waals surface area contributed by atoms with Gasteiger partial charge in [-0.1, -0.05) is 49.0 Å². The molecule has 2 rings (SSSR count). The van der Waals surface area contributed by atoms with Crippen LogP contribution >= 0.6 is 23.2 Å². The number of carbonyl (C=O) groups is 2. The maximum absolute atomic E-state index is 12.3. The first-order valence-electron chi connectivity index (χ1n) is 7.95. The molecule has 0 atom stereocenters. The molecule has 4 nitrogen and oxygen atoms in total. The normalized spacial score (nSPS) is 10.4. The van der Waals surface area contributed by atoms with Crippen molar-refractivity contribution < 1.29 is 19.1 Å². The number of hydrogen-bond acceptors (Lipinski definition) is 4. The number of hydrogen-bond donors (Lipinski definition) is 0. The lowest BCUT2D eigenvalue weighted by Crippen LogP contribution is -2.11. The summed E-state index contributed by atoms with van der Waals surface area (Å²) in [6.45, 7) is 2.44. The first-order valence-corrected chi connectivity index (χ1v) is 8.71. The highest BCUT2D eigenvalue weighted by atomic mass is 35.5. The molecule has 6 heteroatoms. The SMILES string of the molecule is CCCCCOC(=O)c1cccc(C(=O)Oc2ccc(Cl)cc2Cl)c1. The molecule has 25 heavy (non-hydrogen) atoms. The average Bonchev–Trinajstić information content (AvgIpc) is 2.61. The summed E-state index contributed by atoms with van der Waals surface area (Å²) in [7, 11) is 0. The highest BCUT2D eigenvalue weighted by Crippen LogP contribution is 2.28. The van der Waals surface area contributed by atoms with Crippen LogP contribution in [0.15, 0.2) is 42.5 Å². The average molecular weight is 381 g/mol. The number of halogens is 2. The Morgan fingerprint density at radius 3 is 2.36 bits per heavy atom. The molecule has 0 aliphatic carbocycles.